The van der Waals surface area contributed by atoms with E-state index in [2.05, 4.69) is 11.9 Å². The Hall–Kier alpha value is -5.05. The number of benzene rings is 3. The van der Waals surface area contributed by atoms with E-state index in [0.717, 1.165) is 27.2 Å². The van der Waals surface area contributed by atoms with Crippen molar-refractivity contribution in [2.24, 2.45) is 0 Å². The second kappa shape index (κ2) is 11.6. The Morgan fingerprint density at radius 1 is 0.976 bits per heavy atom. The summed E-state index contributed by atoms with van der Waals surface area (Å²) < 4.78 is 23.0. The first-order valence-electron chi connectivity index (χ1n) is 13.2. The Labute approximate surface area is 238 Å². The van der Waals surface area contributed by atoms with E-state index in [4.69, 9.17) is 18.9 Å². The number of anilines is 1. The Kier molecular flexibility index (Phi) is 7.78. The monoisotopic (exact) mass is 554 g/mol. The van der Waals surface area contributed by atoms with Gasteiger partial charge >= 0.3 is 6.03 Å². The average Bonchev–Trinajstić information content (AvgIpc) is 3.41. The minimum Gasteiger partial charge on any atom is -0.490 e. The van der Waals surface area contributed by atoms with Crippen LogP contribution in [-0.2, 0) is 22.6 Å². The zero-order chi connectivity index (χ0) is 29.1. The van der Waals surface area contributed by atoms with Crippen molar-refractivity contribution in [1.82, 2.24) is 5.32 Å². The number of carbonyl (C=O) groups excluding carboxylic acids is 3. The number of urea groups is 1. The van der Waals surface area contributed by atoms with Gasteiger partial charge in [0, 0.05) is 5.56 Å². The molecule has 210 valence electrons. The third-order valence-electron chi connectivity index (χ3n) is 6.80. The van der Waals surface area contributed by atoms with Gasteiger partial charge in [-0.25, -0.2) is 9.69 Å². The van der Waals surface area contributed by atoms with E-state index in [1.54, 1.807) is 24.3 Å². The number of allylic oxidation sites excluding steroid dienone is 1. The highest BCUT2D eigenvalue weighted by atomic mass is 16.7. The highest BCUT2D eigenvalue weighted by molar-refractivity contribution is 6.39. The number of barbiturate groups is 1. The molecule has 0 bridgehead atoms. The van der Waals surface area contributed by atoms with E-state index < -0.39 is 17.8 Å². The normalized spacial score (nSPS) is 15.2. The van der Waals surface area contributed by atoms with Gasteiger partial charge in [-0.3, -0.25) is 14.9 Å². The van der Waals surface area contributed by atoms with Gasteiger partial charge in [-0.2, -0.15) is 0 Å². The van der Waals surface area contributed by atoms with Crippen molar-refractivity contribution in [3.63, 3.8) is 0 Å². The number of nitrogens with one attached hydrogen (secondary N) is 1. The summed E-state index contributed by atoms with van der Waals surface area (Å²) >= 11 is 0. The number of hydrogen-bond acceptors (Lipinski definition) is 7. The number of amides is 4. The number of aryl methyl sites for hydroxylation is 2. The fraction of sp³-hybridized carbons (Fsp3) is 0.219. The largest absolute Gasteiger partial charge is 0.490 e. The van der Waals surface area contributed by atoms with Crippen LogP contribution in [0.25, 0.3) is 6.08 Å². The molecule has 0 atom stereocenters. The molecule has 3 aromatic carbocycles. The molecule has 2 aliphatic heterocycles. The summed E-state index contributed by atoms with van der Waals surface area (Å²) in [6.45, 7) is 10.3. The predicted octanol–water partition coefficient (Wildman–Crippen LogP) is 5.40. The fourth-order valence-corrected chi connectivity index (χ4v) is 4.61. The summed E-state index contributed by atoms with van der Waals surface area (Å²) in [5, 5.41) is 2.28. The van der Waals surface area contributed by atoms with Crippen LogP contribution < -0.4 is 29.2 Å². The smallest absolute Gasteiger partial charge is 0.335 e. The summed E-state index contributed by atoms with van der Waals surface area (Å²) in [7, 11) is 0. The second-order valence-electron chi connectivity index (χ2n) is 9.64. The fourth-order valence-electron chi connectivity index (χ4n) is 4.61. The molecule has 1 saturated heterocycles. The standard InChI is InChI=1S/C32H30N2O7/c1-5-7-23-13-22(14-25-30(35)33-32(37)34(31(25)36)24-10-8-19(3)20(4)12-24)16-28(38-6-2)29(23)39-17-21-9-11-26-27(15-21)41-18-40-26/h5,8-16H,1,6-7,17-18H2,2-4H3,(H,33,35,37)/b25-14+. The van der Waals surface area contributed by atoms with Crippen molar-refractivity contribution < 1.29 is 33.3 Å². The van der Waals surface area contributed by atoms with Gasteiger partial charge in [0.2, 0.25) is 6.79 Å². The first kappa shape index (κ1) is 27.5. The third kappa shape index (κ3) is 5.65. The lowest BCUT2D eigenvalue weighted by atomic mass is 10.0. The number of rotatable bonds is 9. The van der Waals surface area contributed by atoms with E-state index in [1.807, 2.05) is 51.1 Å². The lowest BCUT2D eigenvalue weighted by Crippen LogP contribution is -2.54. The zero-order valence-corrected chi connectivity index (χ0v) is 23.1. The molecule has 0 unspecified atom stereocenters. The van der Waals surface area contributed by atoms with Crippen LogP contribution >= 0.6 is 0 Å². The number of hydrogen-bond donors (Lipinski definition) is 1. The molecule has 0 saturated carbocycles. The topological polar surface area (TPSA) is 103 Å². The SMILES string of the molecule is C=CCc1cc(/C=C2\C(=O)NC(=O)N(c3ccc(C)c(C)c3)C2=O)cc(OCC)c1OCc1ccc2c(c1)OCO2. The summed E-state index contributed by atoms with van der Waals surface area (Å²) in [6.07, 6.45) is 3.63. The molecule has 2 heterocycles. The van der Waals surface area contributed by atoms with Crippen molar-refractivity contribution in [3.05, 3.63) is 94.6 Å². The van der Waals surface area contributed by atoms with Crippen molar-refractivity contribution in [1.29, 1.82) is 0 Å². The summed E-state index contributed by atoms with van der Waals surface area (Å²) in [4.78, 5) is 39.9. The van der Waals surface area contributed by atoms with Gasteiger partial charge in [-0.15, -0.1) is 6.58 Å². The minimum absolute atomic E-state index is 0.177. The Bertz CT molecular complexity index is 1590. The Morgan fingerprint density at radius 2 is 1.78 bits per heavy atom. The van der Waals surface area contributed by atoms with Crippen LogP contribution in [0.15, 0.2) is 66.8 Å². The first-order chi connectivity index (χ1) is 19.8. The van der Waals surface area contributed by atoms with Crippen LogP contribution in [0, 0.1) is 13.8 Å². The molecule has 0 radical (unpaired) electrons. The minimum atomic E-state index is -0.796. The molecular formula is C32H30N2O7. The third-order valence-corrected chi connectivity index (χ3v) is 6.80. The first-order valence-corrected chi connectivity index (χ1v) is 13.2. The van der Waals surface area contributed by atoms with Gasteiger partial charge in [0.05, 0.1) is 12.3 Å². The van der Waals surface area contributed by atoms with E-state index in [1.165, 1.54) is 6.08 Å². The molecule has 41 heavy (non-hydrogen) atoms. The molecule has 0 aromatic heterocycles. The van der Waals surface area contributed by atoms with Gasteiger partial charge in [0.25, 0.3) is 11.8 Å². The summed E-state index contributed by atoms with van der Waals surface area (Å²) in [5.74, 6) is 0.837. The molecule has 9 nitrogen and oxygen atoms in total. The van der Waals surface area contributed by atoms with Gasteiger partial charge < -0.3 is 18.9 Å². The van der Waals surface area contributed by atoms with Crippen molar-refractivity contribution in [2.75, 3.05) is 18.3 Å². The van der Waals surface area contributed by atoms with Crippen molar-refractivity contribution in [3.8, 4) is 23.0 Å². The summed E-state index contributed by atoms with van der Waals surface area (Å²) in [6, 6.07) is 13.6. The lowest BCUT2D eigenvalue weighted by Gasteiger charge is -2.27. The lowest BCUT2D eigenvalue weighted by molar-refractivity contribution is -0.122. The highest BCUT2D eigenvalue weighted by Crippen LogP contribution is 2.37. The van der Waals surface area contributed by atoms with Gasteiger partial charge in [-0.05, 0) is 91.9 Å². The Balaban J connectivity index is 1.48. The van der Waals surface area contributed by atoms with Crippen molar-refractivity contribution >= 4 is 29.6 Å². The molecule has 9 heteroatoms. The maximum Gasteiger partial charge on any atom is 0.335 e. The van der Waals surface area contributed by atoms with Crippen LogP contribution in [0.2, 0.25) is 0 Å². The van der Waals surface area contributed by atoms with E-state index >= 15 is 0 Å². The van der Waals surface area contributed by atoms with Gasteiger partial charge in [0.1, 0.15) is 12.2 Å². The number of nitrogens with zero attached hydrogens (tertiary/aromatic N) is 1. The van der Waals surface area contributed by atoms with Crippen LogP contribution in [-0.4, -0.2) is 31.2 Å². The second-order valence-corrected chi connectivity index (χ2v) is 9.64. The molecule has 1 fully saturated rings. The quantitative estimate of drug-likeness (QED) is 0.214. The molecule has 2 aliphatic rings. The average molecular weight is 555 g/mol. The van der Waals surface area contributed by atoms with E-state index in [-0.39, 0.29) is 19.0 Å². The summed E-state index contributed by atoms with van der Waals surface area (Å²) in [5.41, 5.74) is 4.31. The molecule has 4 amide bonds. The van der Waals surface area contributed by atoms with Crippen LogP contribution in [0.1, 0.15) is 34.7 Å². The maximum absolute atomic E-state index is 13.5. The number of fused-ring (bicyclic) bond motifs is 1. The highest BCUT2D eigenvalue weighted by Gasteiger charge is 2.37. The number of carbonyl (C=O) groups is 3. The molecule has 5 rings (SSSR count). The zero-order valence-electron chi connectivity index (χ0n) is 23.1. The molecule has 0 spiro atoms. The van der Waals surface area contributed by atoms with Crippen LogP contribution in [0.5, 0.6) is 23.0 Å². The molecule has 1 N–H and O–H groups in total. The molecular weight excluding hydrogens is 524 g/mol. The molecule has 3 aromatic rings. The number of ether oxygens (including phenoxy) is 4. The molecule has 0 aliphatic carbocycles. The van der Waals surface area contributed by atoms with Crippen LogP contribution in [0.3, 0.4) is 0 Å². The van der Waals surface area contributed by atoms with Crippen molar-refractivity contribution in [2.45, 2.75) is 33.8 Å². The number of imide groups is 2. The van der Waals surface area contributed by atoms with E-state index in [0.29, 0.717) is 47.3 Å². The van der Waals surface area contributed by atoms with Crippen LogP contribution in [0.4, 0.5) is 10.5 Å². The van der Waals surface area contributed by atoms with E-state index in [9.17, 15) is 14.4 Å². The predicted molar refractivity (Wildman–Crippen MR) is 153 cm³/mol. The van der Waals surface area contributed by atoms with Gasteiger partial charge in [0.15, 0.2) is 23.0 Å². The van der Waals surface area contributed by atoms with Gasteiger partial charge in [-0.1, -0.05) is 18.2 Å². The maximum atomic E-state index is 13.5. The Morgan fingerprint density at radius 3 is 2.54 bits per heavy atom.